The van der Waals surface area contributed by atoms with Gasteiger partial charge in [-0.05, 0) is 55.2 Å². The molecule has 2 aromatic rings. The van der Waals surface area contributed by atoms with Crippen LogP contribution in [0.25, 0.3) is 11.1 Å². The second kappa shape index (κ2) is 4.31. The Bertz CT molecular complexity index is 486. The van der Waals surface area contributed by atoms with E-state index in [4.69, 9.17) is 11.6 Å². The third-order valence-corrected chi connectivity index (χ3v) is 3.42. The van der Waals surface area contributed by atoms with Crippen molar-refractivity contribution in [3.05, 3.63) is 58.1 Å². The Morgan fingerprint density at radius 1 is 0.750 bits per heavy atom. The first-order valence-electron chi connectivity index (χ1n) is 5.42. The van der Waals surface area contributed by atoms with Crippen LogP contribution < -0.4 is 0 Å². The fraction of sp³-hybridized carbons (Fsp3) is 0.200. The molecule has 0 nitrogen and oxygen atoms in total. The summed E-state index contributed by atoms with van der Waals surface area (Å²) in [5, 5.41) is 0.871. The number of benzene rings is 2. The van der Waals surface area contributed by atoms with Crippen molar-refractivity contribution < 1.29 is 0 Å². The highest BCUT2D eigenvalue weighted by molar-refractivity contribution is 6.32. The third-order valence-electron chi connectivity index (χ3n) is 2.82. The number of halogens is 1. The lowest BCUT2D eigenvalue weighted by atomic mass is 10.00. The van der Waals surface area contributed by atoms with Gasteiger partial charge in [0.05, 0.1) is 0 Å². The molecule has 0 amide bonds. The van der Waals surface area contributed by atoms with E-state index in [0.717, 1.165) is 16.1 Å². The lowest BCUT2D eigenvalue weighted by Gasteiger charge is -2.08. The van der Waals surface area contributed by atoms with Crippen molar-refractivity contribution in [3.8, 4) is 11.1 Å². The van der Waals surface area contributed by atoms with E-state index in [1.807, 2.05) is 13.8 Å². The summed E-state index contributed by atoms with van der Waals surface area (Å²) in [6, 6.07) is 12.8. The van der Waals surface area contributed by atoms with Gasteiger partial charge in [-0.15, -0.1) is 0 Å². The molecule has 0 aliphatic heterocycles. The molecule has 0 unspecified atom stereocenters. The van der Waals surface area contributed by atoms with Gasteiger partial charge in [-0.25, -0.2) is 0 Å². The number of hydrogen-bond acceptors (Lipinski definition) is 0. The second-order valence-electron chi connectivity index (χ2n) is 4.29. The summed E-state index contributed by atoms with van der Waals surface area (Å²) in [7, 11) is 0. The SMILES string of the molecule is Cc1ccc(-c2cc(C)c(Cl)c(C)c2)cc1. The molecule has 0 atom stereocenters. The molecule has 0 bridgehead atoms. The van der Waals surface area contributed by atoms with Crippen LogP contribution in [0.2, 0.25) is 5.02 Å². The summed E-state index contributed by atoms with van der Waals surface area (Å²) in [5.74, 6) is 0. The Labute approximate surface area is 102 Å². The molecule has 0 fully saturated rings. The first-order chi connectivity index (χ1) is 7.58. The predicted octanol–water partition coefficient (Wildman–Crippen LogP) is 4.93. The first-order valence-corrected chi connectivity index (χ1v) is 5.79. The minimum atomic E-state index is 0.871. The monoisotopic (exact) mass is 230 g/mol. The molecule has 1 heteroatoms. The maximum absolute atomic E-state index is 6.16. The van der Waals surface area contributed by atoms with Crippen molar-refractivity contribution >= 4 is 11.6 Å². The molecule has 2 aromatic carbocycles. The molecule has 16 heavy (non-hydrogen) atoms. The normalized spacial score (nSPS) is 10.5. The van der Waals surface area contributed by atoms with E-state index in [-0.39, 0.29) is 0 Å². The highest BCUT2D eigenvalue weighted by Gasteiger charge is 2.04. The molecule has 0 aliphatic carbocycles. The van der Waals surface area contributed by atoms with E-state index in [2.05, 4.69) is 43.3 Å². The van der Waals surface area contributed by atoms with Crippen LogP contribution in [-0.4, -0.2) is 0 Å². The molecule has 0 heterocycles. The lowest BCUT2D eigenvalue weighted by Crippen LogP contribution is -1.85. The zero-order valence-corrected chi connectivity index (χ0v) is 10.6. The molecule has 0 saturated carbocycles. The summed E-state index contributed by atoms with van der Waals surface area (Å²) >= 11 is 6.16. The average molecular weight is 231 g/mol. The molecule has 0 spiro atoms. The molecule has 0 radical (unpaired) electrons. The Morgan fingerprint density at radius 2 is 1.25 bits per heavy atom. The summed E-state index contributed by atoms with van der Waals surface area (Å²) in [6.07, 6.45) is 0. The van der Waals surface area contributed by atoms with E-state index < -0.39 is 0 Å². The van der Waals surface area contributed by atoms with Crippen LogP contribution in [0.5, 0.6) is 0 Å². The van der Waals surface area contributed by atoms with Gasteiger partial charge in [0.15, 0.2) is 0 Å². The van der Waals surface area contributed by atoms with Crippen LogP contribution in [0.15, 0.2) is 36.4 Å². The topological polar surface area (TPSA) is 0 Å². The second-order valence-corrected chi connectivity index (χ2v) is 4.67. The molecule has 0 aromatic heterocycles. The highest BCUT2D eigenvalue weighted by Crippen LogP contribution is 2.28. The molecule has 0 N–H and O–H groups in total. The maximum Gasteiger partial charge on any atom is 0.0464 e. The largest absolute Gasteiger partial charge is 0.0838 e. The third kappa shape index (κ3) is 2.12. The molecule has 0 aliphatic rings. The van der Waals surface area contributed by atoms with Crippen LogP contribution in [0.4, 0.5) is 0 Å². The minimum absolute atomic E-state index is 0.871. The van der Waals surface area contributed by atoms with Crippen LogP contribution >= 0.6 is 11.6 Å². The van der Waals surface area contributed by atoms with E-state index in [0.29, 0.717) is 0 Å². The fourth-order valence-corrected chi connectivity index (χ4v) is 1.97. The van der Waals surface area contributed by atoms with Crippen molar-refractivity contribution in [2.45, 2.75) is 20.8 Å². The Morgan fingerprint density at radius 3 is 1.75 bits per heavy atom. The smallest absolute Gasteiger partial charge is 0.0464 e. The zero-order valence-electron chi connectivity index (χ0n) is 9.84. The van der Waals surface area contributed by atoms with E-state index in [1.165, 1.54) is 16.7 Å². The van der Waals surface area contributed by atoms with Crippen LogP contribution in [-0.2, 0) is 0 Å². The minimum Gasteiger partial charge on any atom is -0.0838 e. The van der Waals surface area contributed by atoms with Crippen molar-refractivity contribution in [3.63, 3.8) is 0 Å². The molecular weight excluding hydrogens is 216 g/mol. The van der Waals surface area contributed by atoms with Gasteiger partial charge >= 0.3 is 0 Å². The van der Waals surface area contributed by atoms with E-state index >= 15 is 0 Å². The average Bonchev–Trinajstić information content (AvgIpc) is 2.26. The predicted molar refractivity (Wildman–Crippen MR) is 71.1 cm³/mol. The van der Waals surface area contributed by atoms with Crippen LogP contribution in [0.3, 0.4) is 0 Å². The Kier molecular flexibility index (Phi) is 3.02. The van der Waals surface area contributed by atoms with Crippen molar-refractivity contribution in [2.75, 3.05) is 0 Å². The van der Waals surface area contributed by atoms with Gasteiger partial charge in [-0.1, -0.05) is 41.4 Å². The summed E-state index contributed by atoms with van der Waals surface area (Å²) in [4.78, 5) is 0. The van der Waals surface area contributed by atoms with Gasteiger partial charge in [0.1, 0.15) is 0 Å². The maximum atomic E-state index is 6.16. The van der Waals surface area contributed by atoms with Gasteiger partial charge in [-0.2, -0.15) is 0 Å². The molecule has 2 rings (SSSR count). The molecule has 82 valence electrons. The van der Waals surface area contributed by atoms with Gasteiger partial charge in [0, 0.05) is 5.02 Å². The Balaban J connectivity index is 2.52. The van der Waals surface area contributed by atoms with Gasteiger partial charge in [-0.3, -0.25) is 0 Å². The number of rotatable bonds is 1. The van der Waals surface area contributed by atoms with Crippen molar-refractivity contribution in [2.24, 2.45) is 0 Å². The van der Waals surface area contributed by atoms with Crippen LogP contribution in [0, 0.1) is 20.8 Å². The van der Waals surface area contributed by atoms with Gasteiger partial charge in [0.2, 0.25) is 0 Å². The van der Waals surface area contributed by atoms with E-state index in [9.17, 15) is 0 Å². The fourth-order valence-electron chi connectivity index (χ4n) is 1.86. The van der Waals surface area contributed by atoms with Crippen molar-refractivity contribution in [1.29, 1.82) is 0 Å². The number of hydrogen-bond donors (Lipinski definition) is 0. The zero-order chi connectivity index (χ0) is 11.7. The van der Waals surface area contributed by atoms with Crippen molar-refractivity contribution in [1.82, 2.24) is 0 Å². The first kappa shape index (κ1) is 11.2. The van der Waals surface area contributed by atoms with Crippen LogP contribution in [0.1, 0.15) is 16.7 Å². The quantitative estimate of drug-likeness (QED) is 0.652. The summed E-state index contributed by atoms with van der Waals surface area (Å²) in [6.45, 7) is 6.20. The van der Waals surface area contributed by atoms with Gasteiger partial charge in [0.25, 0.3) is 0 Å². The van der Waals surface area contributed by atoms with E-state index in [1.54, 1.807) is 0 Å². The molecular formula is C15H15Cl. The number of aryl methyl sites for hydroxylation is 3. The Hall–Kier alpha value is -1.27. The highest BCUT2D eigenvalue weighted by atomic mass is 35.5. The molecule has 0 saturated heterocycles. The summed E-state index contributed by atoms with van der Waals surface area (Å²) < 4.78 is 0. The standard InChI is InChI=1S/C15H15Cl/c1-10-4-6-13(7-5-10)14-8-11(2)15(16)12(3)9-14/h4-9H,1-3H3. The summed E-state index contributed by atoms with van der Waals surface area (Å²) in [5.41, 5.74) is 6.04. The lowest BCUT2D eigenvalue weighted by molar-refractivity contribution is 1.38. The van der Waals surface area contributed by atoms with Gasteiger partial charge < -0.3 is 0 Å².